The van der Waals surface area contributed by atoms with Crippen molar-refractivity contribution in [2.24, 2.45) is 0 Å². The maximum absolute atomic E-state index is 11.5. The van der Waals surface area contributed by atoms with Crippen molar-refractivity contribution in [3.05, 3.63) is 43.7 Å². The average molecular weight is 261 g/mol. The third kappa shape index (κ3) is 1.95. The van der Waals surface area contributed by atoms with E-state index in [9.17, 15) is 9.59 Å². The Balaban J connectivity index is 3.30. The number of aryl methyl sites for hydroxylation is 1. The van der Waals surface area contributed by atoms with Gasteiger partial charge in [-0.15, -0.1) is 0 Å². The first-order valence-corrected chi connectivity index (χ1v) is 4.63. The highest BCUT2D eigenvalue weighted by Gasteiger charge is 2.08. The lowest BCUT2D eigenvalue weighted by molar-refractivity contribution is 0.113. The van der Waals surface area contributed by atoms with Crippen LogP contribution in [0.2, 0.25) is 0 Å². The number of aromatic nitrogens is 2. The van der Waals surface area contributed by atoms with Crippen molar-refractivity contribution in [2.75, 3.05) is 6.61 Å². The van der Waals surface area contributed by atoms with Crippen molar-refractivity contribution < 1.29 is 4.84 Å². The Morgan fingerprint density at radius 2 is 2.29 bits per heavy atom. The van der Waals surface area contributed by atoms with Gasteiger partial charge in [0.05, 0.1) is 0 Å². The molecule has 1 N–H and O–H groups in total. The minimum absolute atomic E-state index is 0.0957. The standard InChI is InChI=1S/C8H9BrN2O3/c1-3-4-14-11-7(12)6(9)5(2)10-8(11)13/h3H,1,4H2,2H3,(H,10,13). The van der Waals surface area contributed by atoms with Gasteiger partial charge in [0.15, 0.2) is 0 Å². The van der Waals surface area contributed by atoms with Gasteiger partial charge in [0.1, 0.15) is 11.1 Å². The molecule has 14 heavy (non-hydrogen) atoms. The largest absolute Gasteiger partial charge is 0.402 e. The molecule has 0 aromatic carbocycles. The van der Waals surface area contributed by atoms with Crippen molar-refractivity contribution >= 4 is 15.9 Å². The molecule has 1 aromatic rings. The summed E-state index contributed by atoms with van der Waals surface area (Å²) in [6.45, 7) is 5.12. The van der Waals surface area contributed by atoms with E-state index in [1.165, 1.54) is 6.08 Å². The molecule has 0 fully saturated rings. The lowest BCUT2D eigenvalue weighted by Crippen LogP contribution is -2.40. The van der Waals surface area contributed by atoms with E-state index in [2.05, 4.69) is 27.5 Å². The Hall–Kier alpha value is -1.30. The van der Waals surface area contributed by atoms with Crippen LogP contribution in [0.4, 0.5) is 0 Å². The smallest absolute Gasteiger partial charge is 0.362 e. The summed E-state index contributed by atoms with van der Waals surface area (Å²) in [5, 5.41) is 0. The Labute approximate surface area is 88.1 Å². The van der Waals surface area contributed by atoms with Crippen molar-refractivity contribution in [1.29, 1.82) is 0 Å². The summed E-state index contributed by atoms with van der Waals surface area (Å²) < 4.78 is 0.930. The minimum atomic E-state index is -0.599. The van der Waals surface area contributed by atoms with Crippen LogP contribution in [0.15, 0.2) is 26.7 Å². The molecule has 1 heterocycles. The first-order valence-electron chi connectivity index (χ1n) is 3.83. The van der Waals surface area contributed by atoms with Crippen LogP contribution in [0.5, 0.6) is 0 Å². The number of aromatic amines is 1. The normalized spacial score (nSPS) is 9.86. The van der Waals surface area contributed by atoms with Crippen molar-refractivity contribution in [3.63, 3.8) is 0 Å². The van der Waals surface area contributed by atoms with E-state index < -0.39 is 11.2 Å². The van der Waals surface area contributed by atoms with Gasteiger partial charge >= 0.3 is 11.2 Å². The molecule has 0 aliphatic rings. The third-order valence-electron chi connectivity index (χ3n) is 1.50. The molecule has 0 saturated heterocycles. The number of hydrogen-bond donors (Lipinski definition) is 1. The molecule has 1 rings (SSSR count). The highest BCUT2D eigenvalue weighted by atomic mass is 79.9. The van der Waals surface area contributed by atoms with E-state index in [0.717, 1.165) is 0 Å². The van der Waals surface area contributed by atoms with Gasteiger partial charge in [-0.1, -0.05) is 17.4 Å². The molecule has 5 nitrogen and oxygen atoms in total. The molecule has 6 heteroatoms. The van der Waals surface area contributed by atoms with E-state index in [0.29, 0.717) is 10.4 Å². The number of rotatable bonds is 3. The average Bonchev–Trinajstić information content (AvgIpc) is 2.14. The fourth-order valence-corrected chi connectivity index (χ4v) is 1.11. The zero-order valence-electron chi connectivity index (χ0n) is 7.54. The molecular weight excluding hydrogens is 252 g/mol. The van der Waals surface area contributed by atoms with Gasteiger partial charge in [0, 0.05) is 5.69 Å². The maximum Gasteiger partial charge on any atom is 0.362 e. The summed E-state index contributed by atoms with van der Waals surface area (Å²) >= 11 is 3.05. The van der Waals surface area contributed by atoms with Crippen LogP contribution in [0.3, 0.4) is 0 Å². The second-order valence-corrected chi connectivity index (χ2v) is 3.35. The van der Waals surface area contributed by atoms with Gasteiger partial charge in [-0.2, -0.15) is 0 Å². The topological polar surface area (TPSA) is 64.1 Å². The third-order valence-corrected chi connectivity index (χ3v) is 2.44. The maximum atomic E-state index is 11.5. The molecule has 0 atom stereocenters. The monoisotopic (exact) mass is 260 g/mol. The predicted octanol–water partition coefficient (Wildman–Crippen LogP) is 0.222. The van der Waals surface area contributed by atoms with Crippen molar-refractivity contribution in [2.45, 2.75) is 6.92 Å². The fraction of sp³-hybridized carbons (Fsp3) is 0.250. The van der Waals surface area contributed by atoms with Gasteiger partial charge < -0.3 is 9.82 Å². The molecule has 0 aliphatic heterocycles. The lowest BCUT2D eigenvalue weighted by atomic mass is 10.5. The van der Waals surface area contributed by atoms with Gasteiger partial charge in [-0.25, -0.2) is 4.79 Å². The van der Waals surface area contributed by atoms with Crippen LogP contribution in [-0.4, -0.2) is 16.3 Å². The number of nitrogens with zero attached hydrogens (tertiary/aromatic N) is 1. The van der Waals surface area contributed by atoms with Crippen LogP contribution < -0.4 is 16.1 Å². The first-order chi connectivity index (χ1) is 6.57. The second-order valence-electron chi connectivity index (χ2n) is 2.55. The highest BCUT2D eigenvalue weighted by Crippen LogP contribution is 2.03. The molecule has 0 unspecified atom stereocenters. The Kier molecular flexibility index (Phi) is 3.29. The minimum Gasteiger partial charge on any atom is -0.402 e. The number of hydrogen-bond acceptors (Lipinski definition) is 3. The zero-order chi connectivity index (χ0) is 10.7. The molecule has 0 aliphatic carbocycles. The Morgan fingerprint density at radius 3 is 2.86 bits per heavy atom. The number of nitrogens with one attached hydrogen (secondary N) is 1. The number of H-pyrrole nitrogens is 1. The van der Waals surface area contributed by atoms with Crippen LogP contribution in [0, 0.1) is 6.92 Å². The summed E-state index contributed by atoms with van der Waals surface area (Å²) in [6.07, 6.45) is 1.44. The van der Waals surface area contributed by atoms with Gasteiger partial charge in [0.2, 0.25) is 0 Å². The molecule has 0 spiro atoms. The van der Waals surface area contributed by atoms with Crippen LogP contribution >= 0.6 is 15.9 Å². The quantitative estimate of drug-likeness (QED) is 0.792. The van der Waals surface area contributed by atoms with E-state index >= 15 is 0 Å². The molecular formula is C8H9BrN2O3. The van der Waals surface area contributed by atoms with Crippen LogP contribution in [0.1, 0.15) is 5.69 Å². The summed E-state index contributed by atoms with van der Waals surface area (Å²) in [4.78, 5) is 30.0. The van der Waals surface area contributed by atoms with E-state index in [1.54, 1.807) is 6.92 Å². The summed E-state index contributed by atoms with van der Waals surface area (Å²) in [7, 11) is 0. The molecule has 0 radical (unpaired) electrons. The molecule has 1 aromatic heterocycles. The highest BCUT2D eigenvalue weighted by molar-refractivity contribution is 9.10. The summed E-state index contributed by atoms with van der Waals surface area (Å²) in [6, 6.07) is 0. The summed E-state index contributed by atoms with van der Waals surface area (Å²) in [5.41, 5.74) is -0.649. The molecule has 0 amide bonds. The fourth-order valence-electron chi connectivity index (χ4n) is 0.852. The van der Waals surface area contributed by atoms with Crippen LogP contribution in [-0.2, 0) is 0 Å². The predicted molar refractivity (Wildman–Crippen MR) is 55.4 cm³/mol. The lowest BCUT2D eigenvalue weighted by Gasteiger charge is -2.05. The van der Waals surface area contributed by atoms with Gasteiger partial charge in [0.25, 0.3) is 0 Å². The van der Waals surface area contributed by atoms with Gasteiger partial charge in [-0.3, -0.25) is 4.79 Å². The van der Waals surface area contributed by atoms with Crippen molar-refractivity contribution in [3.8, 4) is 0 Å². The summed E-state index contributed by atoms with van der Waals surface area (Å²) in [5.74, 6) is 0. The van der Waals surface area contributed by atoms with Gasteiger partial charge in [-0.05, 0) is 22.9 Å². The Morgan fingerprint density at radius 1 is 1.64 bits per heavy atom. The number of halogens is 1. The van der Waals surface area contributed by atoms with E-state index in [1.807, 2.05) is 0 Å². The first kappa shape index (κ1) is 10.8. The van der Waals surface area contributed by atoms with E-state index in [4.69, 9.17) is 4.84 Å². The zero-order valence-corrected chi connectivity index (χ0v) is 9.13. The second kappa shape index (κ2) is 4.28. The molecule has 76 valence electrons. The van der Waals surface area contributed by atoms with Crippen molar-refractivity contribution in [1.82, 2.24) is 9.71 Å². The van der Waals surface area contributed by atoms with E-state index in [-0.39, 0.29) is 11.1 Å². The van der Waals surface area contributed by atoms with Crippen LogP contribution in [0.25, 0.3) is 0 Å². The molecule has 0 bridgehead atoms. The SMILES string of the molecule is C=CCOn1c(=O)[nH]c(C)c(Br)c1=O. The molecule has 0 saturated carbocycles. The Bertz CT molecular complexity index is 461.